The molecule has 0 unspecified atom stereocenters. The molecule has 0 aliphatic carbocycles. The normalized spacial score (nSPS) is 10.0. The van der Waals surface area contributed by atoms with E-state index in [0.29, 0.717) is 22.9 Å². The summed E-state index contributed by atoms with van der Waals surface area (Å²) >= 11 is 0. The van der Waals surface area contributed by atoms with Crippen LogP contribution in [0.15, 0.2) is 54.6 Å². The molecule has 6 heteroatoms. The number of hydrogen-bond acceptors (Lipinski definition) is 5. The molecule has 0 fully saturated rings. The maximum absolute atomic E-state index is 12.5. The minimum absolute atomic E-state index is 0.245. The van der Waals surface area contributed by atoms with Crippen molar-refractivity contribution in [3.05, 3.63) is 77.1 Å². The van der Waals surface area contributed by atoms with Gasteiger partial charge in [0.05, 0.1) is 11.6 Å². The molecular weight excluding hydrogens is 326 g/mol. The zero-order valence-electron chi connectivity index (χ0n) is 14.4. The molecule has 2 aromatic carbocycles. The number of rotatable bonds is 4. The Balaban J connectivity index is 1.81. The lowest BCUT2D eigenvalue weighted by Crippen LogP contribution is -2.15. The maximum Gasteiger partial charge on any atom is 0.274 e. The van der Waals surface area contributed by atoms with Crippen LogP contribution in [0.1, 0.15) is 27.3 Å². The van der Waals surface area contributed by atoms with Crippen LogP contribution in [0.5, 0.6) is 0 Å². The van der Waals surface area contributed by atoms with E-state index in [2.05, 4.69) is 20.6 Å². The second kappa shape index (κ2) is 7.45. The molecule has 0 saturated carbocycles. The number of anilines is 3. The second-order valence-corrected chi connectivity index (χ2v) is 5.86. The standard InChI is InChI=1S/C20H17N5O/c1-13-6-8-16(9-7-13)24-20-22-14(2)10-18(25-20)19(26)23-17-5-3-4-15(11-17)12-21/h3-11H,1-2H3,(H,23,26)(H,22,24,25). The van der Waals surface area contributed by atoms with E-state index in [1.54, 1.807) is 37.3 Å². The van der Waals surface area contributed by atoms with E-state index in [-0.39, 0.29) is 11.6 Å². The summed E-state index contributed by atoms with van der Waals surface area (Å²) in [5, 5.41) is 14.8. The van der Waals surface area contributed by atoms with Crippen LogP contribution in [0.25, 0.3) is 0 Å². The zero-order chi connectivity index (χ0) is 18.5. The third-order valence-corrected chi connectivity index (χ3v) is 3.64. The lowest BCUT2D eigenvalue weighted by Gasteiger charge is -2.09. The number of carbonyl (C=O) groups is 1. The summed E-state index contributed by atoms with van der Waals surface area (Å²) in [7, 11) is 0. The molecule has 0 saturated heterocycles. The van der Waals surface area contributed by atoms with Gasteiger partial charge in [-0.25, -0.2) is 9.97 Å². The van der Waals surface area contributed by atoms with Gasteiger partial charge in [-0.2, -0.15) is 5.26 Å². The molecule has 2 N–H and O–H groups in total. The van der Waals surface area contributed by atoms with Crippen LogP contribution in [0, 0.1) is 25.2 Å². The van der Waals surface area contributed by atoms with Crippen molar-refractivity contribution in [2.24, 2.45) is 0 Å². The molecule has 3 aromatic rings. The average molecular weight is 343 g/mol. The average Bonchev–Trinajstić information content (AvgIpc) is 2.63. The molecule has 0 atom stereocenters. The summed E-state index contributed by atoms with van der Waals surface area (Å²) in [5.41, 5.74) is 3.93. The first kappa shape index (κ1) is 17.1. The fourth-order valence-corrected chi connectivity index (χ4v) is 2.37. The van der Waals surface area contributed by atoms with Crippen molar-refractivity contribution in [2.45, 2.75) is 13.8 Å². The highest BCUT2D eigenvalue weighted by atomic mass is 16.1. The molecular formula is C20H17N5O. The van der Waals surface area contributed by atoms with Crippen LogP contribution in [0.2, 0.25) is 0 Å². The largest absolute Gasteiger partial charge is 0.324 e. The summed E-state index contributed by atoms with van der Waals surface area (Å²) < 4.78 is 0. The number of aromatic nitrogens is 2. The van der Waals surface area contributed by atoms with Crippen LogP contribution < -0.4 is 10.6 Å². The minimum Gasteiger partial charge on any atom is -0.324 e. The number of nitrogens with zero attached hydrogens (tertiary/aromatic N) is 3. The van der Waals surface area contributed by atoms with Gasteiger partial charge in [-0.05, 0) is 50.2 Å². The molecule has 0 radical (unpaired) electrons. The summed E-state index contributed by atoms with van der Waals surface area (Å²) in [6, 6.07) is 18.2. The highest BCUT2D eigenvalue weighted by Crippen LogP contribution is 2.16. The van der Waals surface area contributed by atoms with Gasteiger partial charge in [0.15, 0.2) is 0 Å². The van der Waals surface area contributed by atoms with Crippen LogP contribution in [0.3, 0.4) is 0 Å². The van der Waals surface area contributed by atoms with Gasteiger partial charge >= 0.3 is 0 Å². The Labute approximate surface area is 151 Å². The van der Waals surface area contributed by atoms with E-state index in [1.165, 1.54) is 0 Å². The van der Waals surface area contributed by atoms with Gasteiger partial charge in [0.25, 0.3) is 5.91 Å². The monoisotopic (exact) mass is 343 g/mol. The first-order chi connectivity index (χ1) is 12.5. The molecule has 1 amide bonds. The predicted octanol–water partition coefficient (Wildman–Crippen LogP) is 3.96. The third kappa shape index (κ3) is 4.22. The maximum atomic E-state index is 12.5. The first-order valence-electron chi connectivity index (χ1n) is 8.04. The number of nitrogens with one attached hydrogen (secondary N) is 2. The molecule has 26 heavy (non-hydrogen) atoms. The summed E-state index contributed by atoms with van der Waals surface area (Å²) in [6.07, 6.45) is 0. The van der Waals surface area contributed by atoms with Gasteiger partial charge in [-0.3, -0.25) is 4.79 Å². The van der Waals surface area contributed by atoms with E-state index in [9.17, 15) is 4.79 Å². The number of carbonyl (C=O) groups excluding carboxylic acids is 1. The Morgan fingerprint density at radius 1 is 1.00 bits per heavy atom. The molecule has 6 nitrogen and oxygen atoms in total. The number of aryl methyl sites for hydroxylation is 2. The highest BCUT2D eigenvalue weighted by molar-refractivity contribution is 6.03. The quantitative estimate of drug-likeness (QED) is 0.748. The fourth-order valence-electron chi connectivity index (χ4n) is 2.37. The van der Waals surface area contributed by atoms with Gasteiger partial charge in [-0.1, -0.05) is 23.8 Å². The van der Waals surface area contributed by atoms with Crippen molar-refractivity contribution in [1.29, 1.82) is 5.26 Å². The predicted molar refractivity (Wildman–Crippen MR) is 100 cm³/mol. The topological polar surface area (TPSA) is 90.7 Å². The van der Waals surface area contributed by atoms with E-state index < -0.39 is 0 Å². The summed E-state index contributed by atoms with van der Waals surface area (Å²) in [6.45, 7) is 3.81. The Kier molecular flexibility index (Phi) is 4.90. The van der Waals surface area contributed by atoms with Gasteiger partial charge in [0.1, 0.15) is 5.69 Å². The number of nitriles is 1. The molecule has 1 heterocycles. The van der Waals surface area contributed by atoms with Crippen molar-refractivity contribution in [3.63, 3.8) is 0 Å². The van der Waals surface area contributed by atoms with Crippen LogP contribution >= 0.6 is 0 Å². The van der Waals surface area contributed by atoms with Crippen molar-refractivity contribution in [3.8, 4) is 6.07 Å². The van der Waals surface area contributed by atoms with Crippen LogP contribution in [-0.2, 0) is 0 Å². The fraction of sp³-hybridized carbons (Fsp3) is 0.100. The van der Waals surface area contributed by atoms with Crippen LogP contribution in [0.4, 0.5) is 17.3 Å². The van der Waals surface area contributed by atoms with Crippen LogP contribution in [-0.4, -0.2) is 15.9 Å². The van der Waals surface area contributed by atoms with E-state index in [0.717, 1.165) is 11.3 Å². The first-order valence-corrected chi connectivity index (χ1v) is 8.04. The third-order valence-electron chi connectivity index (χ3n) is 3.64. The number of benzene rings is 2. The number of amides is 1. The van der Waals surface area contributed by atoms with Gasteiger partial charge in [-0.15, -0.1) is 0 Å². The smallest absolute Gasteiger partial charge is 0.274 e. The lowest BCUT2D eigenvalue weighted by atomic mass is 10.2. The van der Waals surface area contributed by atoms with Gasteiger partial charge in [0.2, 0.25) is 5.95 Å². The Hall–Kier alpha value is -3.72. The van der Waals surface area contributed by atoms with Gasteiger partial charge in [0, 0.05) is 17.1 Å². The molecule has 0 spiro atoms. The van der Waals surface area contributed by atoms with Crippen molar-refractivity contribution >= 4 is 23.2 Å². The minimum atomic E-state index is -0.363. The van der Waals surface area contributed by atoms with Crippen molar-refractivity contribution in [1.82, 2.24) is 9.97 Å². The molecule has 0 aliphatic rings. The molecule has 0 bridgehead atoms. The van der Waals surface area contributed by atoms with E-state index in [1.807, 2.05) is 37.3 Å². The summed E-state index contributed by atoms with van der Waals surface area (Å²) in [4.78, 5) is 21.1. The molecule has 128 valence electrons. The van der Waals surface area contributed by atoms with E-state index >= 15 is 0 Å². The molecule has 3 rings (SSSR count). The van der Waals surface area contributed by atoms with E-state index in [4.69, 9.17) is 5.26 Å². The summed E-state index contributed by atoms with van der Waals surface area (Å²) in [5.74, 6) is -0.0117. The lowest BCUT2D eigenvalue weighted by molar-refractivity contribution is 0.102. The second-order valence-electron chi connectivity index (χ2n) is 5.86. The Bertz CT molecular complexity index is 990. The zero-order valence-corrected chi connectivity index (χ0v) is 14.4. The SMILES string of the molecule is Cc1ccc(Nc2nc(C)cc(C(=O)Nc3cccc(C#N)c3)n2)cc1. The molecule has 0 aliphatic heterocycles. The Morgan fingerprint density at radius 2 is 1.77 bits per heavy atom. The van der Waals surface area contributed by atoms with Crippen molar-refractivity contribution in [2.75, 3.05) is 10.6 Å². The van der Waals surface area contributed by atoms with Gasteiger partial charge < -0.3 is 10.6 Å². The molecule has 1 aromatic heterocycles. The highest BCUT2D eigenvalue weighted by Gasteiger charge is 2.11. The number of hydrogen-bond donors (Lipinski definition) is 2. The Morgan fingerprint density at radius 3 is 2.50 bits per heavy atom. The van der Waals surface area contributed by atoms with Crippen molar-refractivity contribution < 1.29 is 4.79 Å².